The smallest absolute Gasteiger partial charge is 0.264 e. The number of carbonyl (C=O) groups excluding carboxylic acids is 1. The molecule has 0 aliphatic carbocycles. The van der Waals surface area contributed by atoms with Crippen molar-refractivity contribution in [3.63, 3.8) is 0 Å². The van der Waals surface area contributed by atoms with Crippen LogP contribution in [0.3, 0.4) is 0 Å². The number of thiocarbonyl (C=S) groups is 1. The fraction of sp³-hybridized carbons (Fsp3) is 0.467. The largest absolute Gasteiger partial charge is 0.484 e. The summed E-state index contributed by atoms with van der Waals surface area (Å²) in [7, 11) is 0. The Morgan fingerprint density at radius 2 is 1.80 bits per heavy atom. The van der Waals surface area contributed by atoms with Crippen LogP contribution in [-0.4, -0.2) is 35.6 Å². The zero-order chi connectivity index (χ0) is 15.0. The molecular weight excluding hydrogens is 272 g/mol. The Morgan fingerprint density at radius 3 is 2.30 bits per heavy atom. The first kappa shape index (κ1) is 16.4. The molecular formula is C15H22N2O2S. The van der Waals surface area contributed by atoms with Crippen molar-refractivity contribution in [1.82, 2.24) is 10.2 Å². The summed E-state index contributed by atoms with van der Waals surface area (Å²) in [5, 5.41) is 3.12. The van der Waals surface area contributed by atoms with Gasteiger partial charge in [-0.15, -0.1) is 0 Å². The Morgan fingerprint density at radius 1 is 1.20 bits per heavy atom. The predicted molar refractivity (Wildman–Crippen MR) is 85.0 cm³/mol. The highest BCUT2D eigenvalue weighted by atomic mass is 32.1. The van der Waals surface area contributed by atoms with Crippen molar-refractivity contribution in [1.29, 1.82) is 0 Å². The fourth-order valence-corrected chi connectivity index (χ4v) is 2.09. The Hall–Kier alpha value is -1.62. The Balaban J connectivity index is 2.40. The summed E-state index contributed by atoms with van der Waals surface area (Å²) in [6.45, 7) is 7.59. The van der Waals surface area contributed by atoms with E-state index in [-0.39, 0.29) is 12.5 Å². The van der Waals surface area contributed by atoms with Gasteiger partial charge >= 0.3 is 0 Å². The molecule has 0 aliphatic heterocycles. The maximum absolute atomic E-state index is 11.7. The minimum Gasteiger partial charge on any atom is -0.484 e. The molecule has 1 N–H and O–H groups in total. The van der Waals surface area contributed by atoms with Crippen LogP contribution in [0, 0.1) is 0 Å². The number of carbonyl (C=O) groups is 1. The highest BCUT2D eigenvalue weighted by Gasteiger charge is 2.09. The van der Waals surface area contributed by atoms with Crippen molar-refractivity contribution in [3.05, 3.63) is 29.8 Å². The fourth-order valence-electron chi connectivity index (χ4n) is 1.72. The van der Waals surface area contributed by atoms with Crippen LogP contribution in [0.4, 0.5) is 0 Å². The SMILES string of the molecule is CCc1ccc(OCC(=O)NC(=S)N(CC)CC)cc1. The highest BCUT2D eigenvalue weighted by Crippen LogP contribution is 2.12. The monoisotopic (exact) mass is 294 g/mol. The molecule has 1 aromatic rings. The molecule has 0 radical (unpaired) electrons. The molecule has 0 aliphatic rings. The van der Waals surface area contributed by atoms with Gasteiger partial charge in [0.25, 0.3) is 5.91 Å². The number of benzene rings is 1. The Bertz CT molecular complexity index is 442. The van der Waals surface area contributed by atoms with E-state index in [1.165, 1.54) is 5.56 Å². The molecule has 5 heteroatoms. The molecule has 110 valence electrons. The summed E-state index contributed by atoms with van der Waals surface area (Å²) in [5.41, 5.74) is 1.24. The molecule has 1 aromatic carbocycles. The number of nitrogens with one attached hydrogen (secondary N) is 1. The van der Waals surface area contributed by atoms with E-state index in [2.05, 4.69) is 12.2 Å². The molecule has 0 atom stereocenters. The molecule has 0 unspecified atom stereocenters. The van der Waals surface area contributed by atoms with E-state index in [1.54, 1.807) is 0 Å². The molecule has 0 heterocycles. The number of hydrogen-bond acceptors (Lipinski definition) is 3. The van der Waals surface area contributed by atoms with Gasteiger partial charge in [0, 0.05) is 13.1 Å². The number of nitrogens with zero attached hydrogens (tertiary/aromatic N) is 1. The van der Waals surface area contributed by atoms with E-state index < -0.39 is 0 Å². The summed E-state index contributed by atoms with van der Waals surface area (Å²) in [5.74, 6) is 0.451. The molecule has 20 heavy (non-hydrogen) atoms. The van der Waals surface area contributed by atoms with Crippen molar-refractivity contribution in [2.75, 3.05) is 19.7 Å². The van der Waals surface area contributed by atoms with E-state index >= 15 is 0 Å². The standard InChI is InChI=1S/C15H22N2O2S/c1-4-12-7-9-13(10-8-12)19-11-14(18)16-15(20)17(5-2)6-3/h7-10H,4-6,11H2,1-3H3,(H,16,18,20). The Kier molecular flexibility index (Phi) is 7.01. The number of aryl methyl sites for hydroxylation is 1. The minimum atomic E-state index is -0.235. The van der Waals surface area contributed by atoms with Gasteiger partial charge in [0.1, 0.15) is 5.75 Å². The zero-order valence-corrected chi connectivity index (χ0v) is 13.1. The van der Waals surface area contributed by atoms with E-state index in [0.717, 1.165) is 19.5 Å². The molecule has 0 saturated carbocycles. The van der Waals surface area contributed by atoms with Crippen molar-refractivity contribution in [3.8, 4) is 5.75 Å². The van der Waals surface area contributed by atoms with Gasteiger partial charge in [0.15, 0.2) is 11.7 Å². The maximum atomic E-state index is 11.7. The minimum absolute atomic E-state index is 0.0348. The summed E-state index contributed by atoms with van der Waals surface area (Å²) in [6, 6.07) is 7.73. The van der Waals surface area contributed by atoms with Crippen molar-refractivity contribution in [2.45, 2.75) is 27.2 Å². The first-order chi connectivity index (χ1) is 9.60. The molecule has 0 fully saturated rings. The second-order valence-corrected chi connectivity index (χ2v) is 4.70. The molecule has 1 amide bonds. The van der Waals surface area contributed by atoms with E-state index in [1.807, 2.05) is 43.0 Å². The summed E-state index contributed by atoms with van der Waals surface area (Å²) in [4.78, 5) is 13.6. The third kappa shape index (κ3) is 5.17. The first-order valence-electron chi connectivity index (χ1n) is 6.91. The van der Waals surface area contributed by atoms with Gasteiger partial charge in [-0.3, -0.25) is 4.79 Å². The molecule has 4 nitrogen and oxygen atoms in total. The summed E-state index contributed by atoms with van der Waals surface area (Å²) < 4.78 is 5.42. The molecule has 0 aromatic heterocycles. The first-order valence-corrected chi connectivity index (χ1v) is 7.32. The van der Waals surface area contributed by atoms with Crippen LogP contribution in [-0.2, 0) is 11.2 Å². The van der Waals surface area contributed by atoms with Crippen molar-refractivity contribution in [2.24, 2.45) is 0 Å². The van der Waals surface area contributed by atoms with Crippen LogP contribution in [0.5, 0.6) is 5.75 Å². The average Bonchev–Trinajstić information content (AvgIpc) is 2.47. The lowest BCUT2D eigenvalue weighted by atomic mass is 10.2. The lowest BCUT2D eigenvalue weighted by Gasteiger charge is -2.21. The van der Waals surface area contributed by atoms with Crippen LogP contribution < -0.4 is 10.1 Å². The van der Waals surface area contributed by atoms with Crippen molar-refractivity contribution >= 4 is 23.2 Å². The highest BCUT2D eigenvalue weighted by molar-refractivity contribution is 7.80. The summed E-state index contributed by atoms with van der Waals surface area (Å²) >= 11 is 5.15. The van der Waals surface area contributed by atoms with Crippen LogP contribution in [0.1, 0.15) is 26.3 Å². The van der Waals surface area contributed by atoms with Crippen LogP contribution in [0.15, 0.2) is 24.3 Å². The predicted octanol–water partition coefficient (Wildman–Crippen LogP) is 2.37. The molecule has 0 saturated heterocycles. The number of amides is 1. The average molecular weight is 294 g/mol. The second-order valence-electron chi connectivity index (χ2n) is 4.31. The van der Waals surface area contributed by atoms with Crippen LogP contribution in [0.25, 0.3) is 0 Å². The number of ether oxygens (including phenoxy) is 1. The van der Waals surface area contributed by atoms with Gasteiger partial charge in [-0.1, -0.05) is 19.1 Å². The zero-order valence-electron chi connectivity index (χ0n) is 12.3. The number of rotatable bonds is 6. The van der Waals surface area contributed by atoms with E-state index in [0.29, 0.717) is 10.9 Å². The van der Waals surface area contributed by atoms with Gasteiger partial charge in [-0.25, -0.2) is 0 Å². The number of hydrogen-bond donors (Lipinski definition) is 1. The lowest BCUT2D eigenvalue weighted by Crippen LogP contribution is -2.44. The van der Waals surface area contributed by atoms with Gasteiger partial charge in [-0.05, 0) is 50.2 Å². The normalized spacial score (nSPS) is 9.95. The topological polar surface area (TPSA) is 41.6 Å². The maximum Gasteiger partial charge on any atom is 0.264 e. The summed E-state index contributed by atoms with van der Waals surface area (Å²) in [6.07, 6.45) is 0.985. The van der Waals surface area contributed by atoms with Gasteiger partial charge in [0.05, 0.1) is 0 Å². The molecule has 0 bridgehead atoms. The molecule has 1 rings (SSSR count). The van der Waals surface area contributed by atoms with Gasteiger partial charge in [-0.2, -0.15) is 0 Å². The van der Waals surface area contributed by atoms with E-state index in [9.17, 15) is 4.79 Å². The third-order valence-corrected chi connectivity index (χ3v) is 3.36. The van der Waals surface area contributed by atoms with Crippen LogP contribution in [0.2, 0.25) is 0 Å². The Labute approximate surface area is 126 Å². The lowest BCUT2D eigenvalue weighted by molar-refractivity contribution is -0.121. The van der Waals surface area contributed by atoms with E-state index in [4.69, 9.17) is 17.0 Å². The second kappa shape index (κ2) is 8.53. The van der Waals surface area contributed by atoms with Gasteiger partial charge < -0.3 is 15.0 Å². The van der Waals surface area contributed by atoms with Crippen LogP contribution >= 0.6 is 12.2 Å². The third-order valence-electron chi connectivity index (χ3n) is 3.00. The quantitative estimate of drug-likeness (QED) is 0.818. The van der Waals surface area contributed by atoms with Gasteiger partial charge in [0.2, 0.25) is 0 Å². The molecule has 0 spiro atoms. The van der Waals surface area contributed by atoms with Crippen molar-refractivity contribution < 1.29 is 9.53 Å².